The highest BCUT2D eigenvalue weighted by Crippen LogP contribution is 2.35. The van der Waals surface area contributed by atoms with Crippen LogP contribution in [0.3, 0.4) is 0 Å². The van der Waals surface area contributed by atoms with Gasteiger partial charge in [0.05, 0.1) is 23.0 Å². The molecular formula is C15H20N7O+. The lowest BCUT2D eigenvalue weighted by molar-refractivity contribution is -0.112. The first-order valence-corrected chi connectivity index (χ1v) is 6.98. The van der Waals surface area contributed by atoms with Crippen molar-refractivity contribution in [1.82, 2.24) is 0 Å². The molecule has 14 N–H and O–H groups in total. The molecule has 0 amide bonds. The first kappa shape index (κ1) is 14.6. The van der Waals surface area contributed by atoms with Crippen LogP contribution >= 0.6 is 0 Å². The molecule has 3 rings (SSSR count). The SMILES string of the molecule is NC1=CC(=C2OC3C=C(N)C(N)=C(N)C3C=C2N)C=C(N)C1=[NH2+]. The average Bonchev–Trinajstić information content (AvgIpc) is 2.50. The molecule has 8 heteroatoms. The van der Waals surface area contributed by atoms with Crippen LogP contribution in [0.5, 0.6) is 0 Å². The van der Waals surface area contributed by atoms with E-state index in [4.69, 9.17) is 44.5 Å². The minimum atomic E-state index is -0.399. The van der Waals surface area contributed by atoms with Crippen molar-refractivity contribution in [1.29, 1.82) is 0 Å². The predicted octanol–water partition coefficient (Wildman–Crippen LogP) is -3.02. The standard InChI is InChI=1S/C15H19N7O/c16-7-1-5(2-8(17)13(7)21)15-10(19)3-6-11(23-15)4-9(18)14(22)12(6)20/h1-4,6,11,21H,16-20,22H2/p+1. The number of allylic oxidation sites excluding steroid dienone is 3. The minimum Gasteiger partial charge on any atom is -0.482 e. The second kappa shape index (κ2) is 4.87. The fraction of sp³-hybridized carbons (Fsp3) is 0.133. The number of fused-ring (bicyclic) bond motifs is 1. The van der Waals surface area contributed by atoms with Crippen LogP contribution in [0.2, 0.25) is 0 Å². The summed E-state index contributed by atoms with van der Waals surface area (Å²) in [5.41, 5.74) is 38.8. The van der Waals surface area contributed by atoms with E-state index in [1.807, 2.05) is 0 Å². The van der Waals surface area contributed by atoms with Crippen molar-refractivity contribution in [2.45, 2.75) is 6.10 Å². The lowest BCUT2D eigenvalue weighted by Crippen LogP contribution is -2.47. The topological polar surface area (TPSA) is 191 Å². The van der Waals surface area contributed by atoms with Gasteiger partial charge in [-0.1, -0.05) is 0 Å². The minimum absolute atomic E-state index is 0.269. The van der Waals surface area contributed by atoms with Gasteiger partial charge < -0.3 is 39.1 Å². The van der Waals surface area contributed by atoms with E-state index in [-0.39, 0.29) is 5.92 Å². The molecule has 0 aromatic heterocycles. The molecule has 0 bridgehead atoms. The highest BCUT2D eigenvalue weighted by Gasteiger charge is 2.34. The number of nitrogens with two attached hydrogens (primary N) is 7. The van der Waals surface area contributed by atoms with Gasteiger partial charge in [0.2, 0.25) is 5.71 Å². The molecule has 1 heterocycles. The van der Waals surface area contributed by atoms with Gasteiger partial charge in [0.25, 0.3) is 0 Å². The van der Waals surface area contributed by atoms with Gasteiger partial charge in [0.1, 0.15) is 23.3 Å². The molecule has 2 atom stereocenters. The molecule has 0 saturated carbocycles. The molecule has 0 fully saturated rings. The van der Waals surface area contributed by atoms with Crippen LogP contribution < -0.4 is 39.8 Å². The average molecular weight is 314 g/mol. The highest BCUT2D eigenvalue weighted by atomic mass is 16.5. The molecule has 0 radical (unpaired) electrons. The molecule has 3 aliphatic rings. The third kappa shape index (κ3) is 2.20. The second-order valence-electron chi connectivity index (χ2n) is 5.62. The zero-order chi connectivity index (χ0) is 16.9. The maximum Gasteiger partial charge on any atom is 0.243 e. The molecule has 2 unspecified atom stereocenters. The van der Waals surface area contributed by atoms with Crippen LogP contribution in [-0.2, 0) is 4.74 Å². The van der Waals surface area contributed by atoms with E-state index in [0.29, 0.717) is 51.2 Å². The van der Waals surface area contributed by atoms with Crippen LogP contribution in [0.4, 0.5) is 0 Å². The van der Waals surface area contributed by atoms with Crippen molar-refractivity contribution < 1.29 is 10.1 Å². The fourth-order valence-electron chi connectivity index (χ4n) is 2.72. The lowest BCUT2D eigenvalue weighted by Gasteiger charge is -2.34. The van der Waals surface area contributed by atoms with Crippen molar-refractivity contribution in [3.8, 4) is 0 Å². The molecule has 0 aromatic carbocycles. The summed E-state index contributed by atoms with van der Waals surface area (Å²) < 4.78 is 5.97. The summed E-state index contributed by atoms with van der Waals surface area (Å²) in [6.45, 7) is 0. The Labute approximate surface area is 133 Å². The van der Waals surface area contributed by atoms with Gasteiger partial charge in [0, 0.05) is 11.3 Å². The van der Waals surface area contributed by atoms with Gasteiger partial charge in [-0.05, 0) is 24.3 Å². The molecule has 0 saturated heterocycles. The predicted molar refractivity (Wildman–Crippen MR) is 86.8 cm³/mol. The zero-order valence-electron chi connectivity index (χ0n) is 12.4. The molecular weight excluding hydrogens is 294 g/mol. The summed E-state index contributed by atoms with van der Waals surface area (Å²) in [6, 6.07) is 0. The fourth-order valence-corrected chi connectivity index (χ4v) is 2.72. The van der Waals surface area contributed by atoms with E-state index in [9.17, 15) is 0 Å². The quantitative estimate of drug-likeness (QED) is 0.247. The maximum absolute atomic E-state index is 6.11. The van der Waals surface area contributed by atoms with Crippen molar-refractivity contribution in [3.05, 3.63) is 69.8 Å². The Balaban J connectivity index is 2.09. The van der Waals surface area contributed by atoms with E-state index >= 15 is 0 Å². The van der Waals surface area contributed by atoms with Gasteiger partial charge >= 0.3 is 0 Å². The van der Waals surface area contributed by atoms with E-state index < -0.39 is 6.10 Å². The molecule has 0 aromatic rings. The van der Waals surface area contributed by atoms with Crippen LogP contribution in [0.1, 0.15) is 0 Å². The summed E-state index contributed by atoms with van der Waals surface area (Å²) in [7, 11) is 0. The normalized spacial score (nSPS) is 27.6. The molecule has 2 aliphatic carbocycles. The maximum atomic E-state index is 6.11. The number of hydrogen-bond acceptors (Lipinski definition) is 7. The molecule has 120 valence electrons. The zero-order valence-corrected chi connectivity index (χ0v) is 12.4. The summed E-state index contributed by atoms with van der Waals surface area (Å²) in [4.78, 5) is 0. The molecule has 0 spiro atoms. The number of hydrogen-bond donors (Lipinski definition) is 7. The van der Waals surface area contributed by atoms with E-state index in [0.717, 1.165) is 0 Å². The molecule has 23 heavy (non-hydrogen) atoms. The van der Waals surface area contributed by atoms with Crippen molar-refractivity contribution in [2.24, 2.45) is 40.3 Å². The third-order valence-corrected chi connectivity index (χ3v) is 4.06. The van der Waals surface area contributed by atoms with Gasteiger partial charge in [-0.2, -0.15) is 0 Å². The largest absolute Gasteiger partial charge is 0.482 e. The lowest BCUT2D eigenvalue weighted by atomic mass is 9.87. The number of ether oxygens (including phenoxy) is 1. The van der Waals surface area contributed by atoms with Crippen molar-refractivity contribution in [2.75, 3.05) is 0 Å². The van der Waals surface area contributed by atoms with E-state index in [1.54, 1.807) is 24.3 Å². The Morgan fingerprint density at radius 1 is 0.826 bits per heavy atom. The van der Waals surface area contributed by atoms with Gasteiger partial charge in [-0.15, -0.1) is 0 Å². The number of rotatable bonds is 0. The summed E-state index contributed by atoms with van der Waals surface area (Å²) in [5.74, 6) is 0.177. The van der Waals surface area contributed by atoms with E-state index in [1.165, 1.54) is 0 Å². The first-order chi connectivity index (χ1) is 10.8. The Morgan fingerprint density at radius 3 is 2.04 bits per heavy atom. The van der Waals surface area contributed by atoms with Crippen molar-refractivity contribution >= 4 is 5.71 Å². The van der Waals surface area contributed by atoms with Gasteiger partial charge in [0.15, 0.2) is 0 Å². The molecule has 8 nitrogen and oxygen atoms in total. The van der Waals surface area contributed by atoms with Crippen molar-refractivity contribution in [3.63, 3.8) is 0 Å². The first-order valence-electron chi connectivity index (χ1n) is 6.98. The highest BCUT2D eigenvalue weighted by molar-refractivity contribution is 6.09. The summed E-state index contributed by atoms with van der Waals surface area (Å²) in [6.07, 6.45) is 6.42. The van der Waals surface area contributed by atoms with Gasteiger partial charge in [-0.3, -0.25) is 5.41 Å². The smallest absolute Gasteiger partial charge is 0.243 e. The molecule has 1 aliphatic heterocycles. The third-order valence-electron chi connectivity index (χ3n) is 4.06. The van der Waals surface area contributed by atoms with E-state index in [2.05, 4.69) is 0 Å². The van der Waals surface area contributed by atoms with Crippen LogP contribution in [-0.4, -0.2) is 11.8 Å². The Bertz CT molecular complexity index is 771. The van der Waals surface area contributed by atoms with Gasteiger partial charge in [-0.25, -0.2) is 0 Å². The van der Waals surface area contributed by atoms with Crippen LogP contribution in [0.15, 0.2) is 69.8 Å². The summed E-state index contributed by atoms with van der Waals surface area (Å²) >= 11 is 0. The summed E-state index contributed by atoms with van der Waals surface area (Å²) in [5, 5.41) is 5.76. The Hall–Kier alpha value is -3.29. The Morgan fingerprint density at radius 2 is 1.43 bits per heavy atom. The Kier molecular flexibility index (Phi) is 3.10. The second-order valence-corrected chi connectivity index (χ2v) is 5.62. The monoisotopic (exact) mass is 314 g/mol. The van der Waals surface area contributed by atoms with Crippen LogP contribution in [0, 0.1) is 5.92 Å². The van der Waals surface area contributed by atoms with Crippen LogP contribution in [0.25, 0.3) is 0 Å².